The Bertz CT molecular complexity index is 242. The van der Waals surface area contributed by atoms with Gasteiger partial charge in [0.2, 0.25) is 0 Å². The Morgan fingerprint density at radius 2 is 1.77 bits per heavy atom. The molecule has 1 N–H and O–H groups in total. The van der Waals surface area contributed by atoms with Gasteiger partial charge in [-0.2, -0.15) is 0 Å². The molecule has 13 heavy (non-hydrogen) atoms. The fourth-order valence-corrected chi connectivity index (χ4v) is 0.782. The van der Waals surface area contributed by atoms with E-state index in [2.05, 4.69) is 30.6 Å². The van der Waals surface area contributed by atoms with Gasteiger partial charge in [-0.05, 0) is 18.6 Å². The van der Waals surface area contributed by atoms with Crippen molar-refractivity contribution in [3.05, 3.63) is 12.2 Å². The van der Waals surface area contributed by atoms with Gasteiger partial charge in [0.25, 0.3) is 0 Å². The zero-order chi connectivity index (χ0) is 9.78. The highest BCUT2D eigenvalue weighted by atomic mass is 16.2. The monoisotopic (exact) mass is 176 g/mol. The second kappa shape index (κ2) is 10.8. The molecule has 0 rings (SSSR count). The van der Waals surface area contributed by atoms with E-state index in [0.29, 0.717) is 0 Å². The van der Waals surface area contributed by atoms with Crippen molar-refractivity contribution in [3.8, 4) is 23.7 Å². The van der Waals surface area contributed by atoms with Crippen molar-refractivity contribution >= 4 is 0 Å². The topological polar surface area (TPSA) is 20.2 Å². The van der Waals surface area contributed by atoms with Crippen LogP contribution in [0, 0.1) is 23.7 Å². The molecule has 0 saturated carbocycles. The normalized spacial score (nSPS) is 8.77. The molecular weight excluding hydrogens is 160 g/mol. The number of aliphatic hydroxyl groups excluding tert-OH is 1. The van der Waals surface area contributed by atoms with Crippen LogP contribution >= 0.6 is 0 Å². The molecule has 1 heteroatoms. The van der Waals surface area contributed by atoms with E-state index in [-0.39, 0.29) is 6.61 Å². The Hall–Kier alpha value is -1.18. The molecule has 0 atom stereocenters. The summed E-state index contributed by atoms with van der Waals surface area (Å²) in [5.74, 6) is 11.1. The molecule has 70 valence electrons. The number of hydrogen-bond acceptors (Lipinski definition) is 1. The molecule has 0 aromatic rings. The van der Waals surface area contributed by atoms with Gasteiger partial charge in [0, 0.05) is 6.42 Å². The van der Waals surface area contributed by atoms with Crippen LogP contribution in [0.2, 0.25) is 0 Å². The molecule has 0 unspecified atom stereocenters. The van der Waals surface area contributed by atoms with E-state index in [4.69, 9.17) is 5.11 Å². The smallest absolute Gasteiger partial charge is 0.104 e. The molecule has 0 aliphatic heterocycles. The van der Waals surface area contributed by atoms with Crippen LogP contribution in [0.5, 0.6) is 0 Å². The van der Waals surface area contributed by atoms with Crippen molar-refractivity contribution in [1.82, 2.24) is 0 Å². The zero-order valence-corrected chi connectivity index (χ0v) is 8.14. The van der Waals surface area contributed by atoms with E-state index >= 15 is 0 Å². The molecular formula is C12H16O. The quantitative estimate of drug-likeness (QED) is 0.516. The zero-order valence-electron chi connectivity index (χ0n) is 8.14. The van der Waals surface area contributed by atoms with E-state index in [9.17, 15) is 0 Å². The van der Waals surface area contributed by atoms with Gasteiger partial charge in [0.1, 0.15) is 6.61 Å². The van der Waals surface area contributed by atoms with Gasteiger partial charge in [-0.25, -0.2) is 0 Å². The molecule has 0 aliphatic rings. The first-order chi connectivity index (χ1) is 6.41. The van der Waals surface area contributed by atoms with Crippen LogP contribution in [0.25, 0.3) is 0 Å². The van der Waals surface area contributed by atoms with Crippen LogP contribution in [-0.2, 0) is 0 Å². The third-order valence-electron chi connectivity index (χ3n) is 1.44. The number of aliphatic hydroxyl groups is 1. The lowest BCUT2D eigenvalue weighted by molar-refractivity contribution is 0.350. The lowest BCUT2D eigenvalue weighted by Crippen LogP contribution is -1.70. The van der Waals surface area contributed by atoms with Crippen molar-refractivity contribution < 1.29 is 5.11 Å². The first-order valence-corrected chi connectivity index (χ1v) is 4.64. The minimum absolute atomic E-state index is 0.0890. The highest BCUT2D eigenvalue weighted by molar-refractivity contribution is 5.24. The number of unbranched alkanes of at least 4 members (excludes halogenated alkanes) is 3. The Balaban J connectivity index is 3.43. The second-order valence-corrected chi connectivity index (χ2v) is 2.59. The van der Waals surface area contributed by atoms with E-state index in [1.165, 1.54) is 19.3 Å². The van der Waals surface area contributed by atoms with Gasteiger partial charge >= 0.3 is 0 Å². The second-order valence-electron chi connectivity index (χ2n) is 2.59. The minimum atomic E-state index is -0.0890. The average molecular weight is 176 g/mol. The highest BCUT2D eigenvalue weighted by Crippen LogP contribution is 1.96. The summed E-state index contributed by atoms with van der Waals surface area (Å²) in [5, 5.41) is 8.32. The first kappa shape index (κ1) is 11.8. The van der Waals surface area contributed by atoms with Crippen LogP contribution in [0.4, 0.5) is 0 Å². The standard InChI is InChI=1S/C12H16O/c1-2-3-4-5-6-7-8-9-10-11-12-13/h8-9,13H,2-5,12H2,1H3/b9-8+. The lowest BCUT2D eigenvalue weighted by atomic mass is 10.2. The third-order valence-corrected chi connectivity index (χ3v) is 1.44. The van der Waals surface area contributed by atoms with Crippen molar-refractivity contribution in [3.63, 3.8) is 0 Å². The molecule has 0 heterocycles. The molecule has 0 aliphatic carbocycles. The molecule has 0 amide bonds. The maximum Gasteiger partial charge on any atom is 0.104 e. The number of rotatable bonds is 3. The summed E-state index contributed by atoms with van der Waals surface area (Å²) in [7, 11) is 0. The summed E-state index contributed by atoms with van der Waals surface area (Å²) < 4.78 is 0. The van der Waals surface area contributed by atoms with Crippen LogP contribution in [-0.4, -0.2) is 11.7 Å². The van der Waals surface area contributed by atoms with Crippen LogP contribution in [0.1, 0.15) is 32.6 Å². The van der Waals surface area contributed by atoms with Gasteiger partial charge < -0.3 is 5.11 Å². The Morgan fingerprint density at radius 1 is 1.08 bits per heavy atom. The predicted octanol–water partition coefficient (Wildman–Crippen LogP) is 2.12. The number of hydrogen-bond donors (Lipinski definition) is 1. The van der Waals surface area contributed by atoms with Gasteiger partial charge in [0.05, 0.1) is 0 Å². The Morgan fingerprint density at radius 3 is 2.38 bits per heavy atom. The molecule has 0 saturated heterocycles. The Kier molecular flexibility index (Phi) is 9.84. The summed E-state index contributed by atoms with van der Waals surface area (Å²) in [6.07, 6.45) is 8.01. The number of allylic oxidation sites excluding steroid dienone is 2. The molecule has 1 nitrogen and oxygen atoms in total. The predicted molar refractivity (Wildman–Crippen MR) is 55.9 cm³/mol. The molecule has 0 radical (unpaired) electrons. The van der Waals surface area contributed by atoms with E-state index in [0.717, 1.165) is 6.42 Å². The maximum atomic E-state index is 8.32. The first-order valence-electron chi connectivity index (χ1n) is 4.64. The molecule has 0 spiro atoms. The fraction of sp³-hybridized carbons (Fsp3) is 0.500. The molecule has 0 bridgehead atoms. The summed E-state index contributed by atoms with van der Waals surface area (Å²) in [6, 6.07) is 0. The van der Waals surface area contributed by atoms with Crippen molar-refractivity contribution in [1.29, 1.82) is 0 Å². The van der Waals surface area contributed by atoms with E-state index < -0.39 is 0 Å². The van der Waals surface area contributed by atoms with Crippen molar-refractivity contribution in [2.75, 3.05) is 6.61 Å². The molecule has 0 fully saturated rings. The van der Waals surface area contributed by atoms with Gasteiger partial charge in [0.15, 0.2) is 0 Å². The summed E-state index contributed by atoms with van der Waals surface area (Å²) in [5.41, 5.74) is 0. The summed E-state index contributed by atoms with van der Waals surface area (Å²) in [4.78, 5) is 0. The van der Waals surface area contributed by atoms with Crippen LogP contribution < -0.4 is 0 Å². The summed E-state index contributed by atoms with van der Waals surface area (Å²) in [6.45, 7) is 2.09. The van der Waals surface area contributed by atoms with Crippen LogP contribution in [0.15, 0.2) is 12.2 Å². The van der Waals surface area contributed by atoms with Crippen molar-refractivity contribution in [2.45, 2.75) is 32.6 Å². The Labute approximate surface area is 80.9 Å². The average Bonchev–Trinajstić information content (AvgIpc) is 2.16. The third kappa shape index (κ3) is 10.8. The van der Waals surface area contributed by atoms with E-state index in [1.807, 2.05) is 0 Å². The lowest BCUT2D eigenvalue weighted by Gasteiger charge is -1.86. The fourth-order valence-electron chi connectivity index (χ4n) is 0.782. The maximum absolute atomic E-state index is 8.32. The van der Waals surface area contributed by atoms with Gasteiger partial charge in [-0.1, -0.05) is 43.4 Å². The minimum Gasteiger partial charge on any atom is -0.384 e. The van der Waals surface area contributed by atoms with Gasteiger partial charge in [-0.15, -0.1) is 0 Å². The SMILES string of the molecule is CCCCCC#C/C=C/C#CCO. The summed E-state index contributed by atoms with van der Waals surface area (Å²) >= 11 is 0. The largest absolute Gasteiger partial charge is 0.384 e. The van der Waals surface area contributed by atoms with E-state index in [1.54, 1.807) is 12.2 Å². The highest BCUT2D eigenvalue weighted by Gasteiger charge is 1.78. The molecule has 0 aromatic heterocycles. The van der Waals surface area contributed by atoms with Gasteiger partial charge in [-0.3, -0.25) is 0 Å². The van der Waals surface area contributed by atoms with Crippen LogP contribution in [0.3, 0.4) is 0 Å². The van der Waals surface area contributed by atoms with Crippen molar-refractivity contribution in [2.24, 2.45) is 0 Å². The molecule has 0 aromatic carbocycles.